The van der Waals surface area contributed by atoms with E-state index in [1.54, 1.807) is 42.5 Å². The number of benzene rings is 2. The van der Waals surface area contributed by atoms with Crippen LogP contribution in [0.1, 0.15) is 47.4 Å². The smallest absolute Gasteiger partial charge is 0.254 e. The largest absolute Gasteiger partial charge is 0.494 e. The van der Waals surface area contributed by atoms with Gasteiger partial charge in [0.15, 0.2) is 17.3 Å². The third-order valence-electron chi connectivity index (χ3n) is 5.11. The number of unbranched alkanes of at least 4 members (excludes halogenated alkanes) is 3. The van der Waals surface area contributed by atoms with Gasteiger partial charge in [0.25, 0.3) is 5.72 Å². The number of fused-ring (bicyclic) bond motifs is 1. The van der Waals surface area contributed by atoms with Gasteiger partial charge in [-0.3, -0.25) is 10.5 Å². The first-order valence-corrected chi connectivity index (χ1v) is 11.0. The maximum Gasteiger partial charge on any atom is 0.254 e. The van der Waals surface area contributed by atoms with Gasteiger partial charge in [-0.15, -0.1) is 16.7 Å². The van der Waals surface area contributed by atoms with Crippen LogP contribution in [0.4, 0.5) is 0 Å². The number of aromatic nitrogens is 4. The van der Waals surface area contributed by atoms with E-state index in [2.05, 4.69) is 20.6 Å². The lowest BCUT2D eigenvalue weighted by Gasteiger charge is -2.33. The predicted octanol–water partition coefficient (Wildman–Crippen LogP) is 3.19. The summed E-state index contributed by atoms with van der Waals surface area (Å²) in [6.45, 7) is 0.620. The average Bonchev–Trinajstić information content (AvgIpc) is 3.37. The SMILES string of the molecule is NC1(c2nnn[nH]2)COc2cccc(C(=O)c3ccc(OCCCCCCCl)cc3)c2O1. The number of hydrogen-bond donors (Lipinski definition) is 2. The van der Waals surface area contributed by atoms with Gasteiger partial charge in [-0.25, -0.2) is 5.10 Å². The number of aromatic amines is 1. The van der Waals surface area contributed by atoms with E-state index in [1.807, 2.05) is 0 Å². The number of alkyl halides is 1. The first-order valence-electron chi connectivity index (χ1n) is 10.4. The second kappa shape index (κ2) is 9.97. The van der Waals surface area contributed by atoms with Crippen molar-refractivity contribution in [1.82, 2.24) is 20.6 Å². The number of ether oxygens (including phenoxy) is 3. The van der Waals surface area contributed by atoms with Crippen molar-refractivity contribution >= 4 is 17.4 Å². The monoisotopic (exact) mass is 457 g/mol. The summed E-state index contributed by atoms with van der Waals surface area (Å²) < 4.78 is 17.5. The molecule has 1 atom stereocenters. The summed E-state index contributed by atoms with van der Waals surface area (Å²) in [7, 11) is 0. The fourth-order valence-electron chi connectivity index (χ4n) is 3.36. The molecule has 1 aliphatic rings. The lowest BCUT2D eigenvalue weighted by Crippen LogP contribution is -2.51. The molecule has 1 aromatic heterocycles. The Morgan fingerprint density at radius 3 is 2.72 bits per heavy atom. The summed E-state index contributed by atoms with van der Waals surface area (Å²) in [5, 5.41) is 13.5. The van der Waals surface area contributed by atoms with E-state index in [1.165, 1.54) is 0 Å². The fraction of sp³-hybridized carbons (Fsp3) is 0.364. The van der Waals surface area contributed by atoms with Gasteiger partial charge in [0, 0.05) is 11.4 Å². The van der Waals surface area contributed by atoms with Crippen LogP contribution in [0.25, 0.3) is 0 Å². The number of hydrogen-bond acceptors (Lipinski definition) is 8. The Hall–Kier alpha value is -3.17. The van der Waals surface area contributed by atoms with Gasteiger partial charge < -0.3 is 14.2 Å². The number of nitrogens with one attached hydrogen (secondary N) is 1. The number of nitrogens with two attached hydrogens (primary N) is 1. The minimum atomic E-state index is -1.44. The highest BCUT2D eigenvalue weighted by Crippen LogP contribution is 2.40. The normalized spacial score (nSPS) is 17.2. The van der Waals surface area contributed by atoms with Crippen molar-refractivity contribution in [2.45, 2.75) is 31.4 Å². The van der Waals surface area contributed by atoms with Crippen molar-refractivity contribution in [1.29, 1.82) is 0 Å². The standard InChI is InChI=1S/C22H24ClN5O4/c23-12-3-1-2-4-13-30-16-10-8-15(9-11-16)19(29)17-6-5-7-18-20(17)32-22(24,14-31-18)21-25-27-28-26-21/h5-11H,1-4,12-14,24H2,(H,25,26,27,28). The molecule has 4 rings (SSSR count). The molecule has 0 aliphatic carbocycles. The molecule has 0 amide bonds. The van der Waals surface area contributed by atoms with E-state index in [0.29, 0.717) is 35.1 Å². The molecule has 0 bridgehead atoms. The zero-order valence-electron chi connectivity index (χ0n) is 17.4. The van der Waals surface area contributed by atoms with Crippen molar-refractivity contribution in [3.63, 3.8) is 0 Å². The molecular weight excluding hydrogens is 434 g/mol. The Morgan fingerprint density at radius 2 is 1.97 bits per heavy atom. The second-order valence-electron chi connectivity index (χ2n) is 7.47. The van der Waals surface area contributed by atoms with Gasteiger partial charge in [0.1, 0.15) is 12.4 Å². The molecule has 0 radical (unpaired) electrons. The highest BCUT2D eigenvalue weighted by Gasteiger charge is 2.41. The molecule has 2 heterocycles. The Bertz CT molecular complexity index is 1040. The lowest BCUT2D eigenvalue weighted by molar-refractivity contribution is -0.0154. The highest BCUT2D eigenvalue weighted by molar-refractivity contribution is 6.17. The summed E-state index contributed by atoms with van der Waals surface area (Å²) >= 11 is 5.68. The second-order valence-corrected chi connectivity index (χ2v) is 7.85. The molecule has 32 heavy (non-hydrogen) atoms. The number of nitrogens with zero attached hydrogens (tertiary/aromatic N) is 3. The number of halogens is 1. The first kappa shape index (κ1) is 22.0. The maximum atomic E-state index is 13.2. The lowest BCUT2D eigenvalue weighted by atomic mass is 10.0. The molecule has 0 spiro atoms. The van der Waals surface area contributed by atoms with Crippen molar-refractivity contribution < 1.29 is 19.0 Å². The topological polar surface area (TPSA) is 125 Å². The summed E-state index contributed by atoms with van der Waals surface area (Å²) in [5.74, 6) is 2.07. The van der Waals surface area contributed by atoms with Crippen molar-refractivity contribution in [3.05, 3.63) is 59.4 Å². The third kappa shape index (κ3) is 4.84. The van der Waals surface area contributed by atoms with E-state index in [-0.39, 0.29) is 24.0 Å². The third-order valence-corrected chi connectivity index (χ3v) is 5.38. The molecule has 0 saturated carbocycles. The van der Waals surface area contributed by atoms with Gasteiger partial charge in [0.05, 0.1) is 12.2 Å². The number of rotatable bonds is 10. The van der Waals surface area contributed by atoms with Gasteiger partial charge in [-0.05, 0) is 59.7 Å². The quantitative estimate of drug-likeness (QED) is 0.270. The van der Waals surface area contributed by atoms with Crippen LogP contribution < -0.4 is 19.9 Å². The molecule has 9 nitrogen and oxygen atoms in total. The van der Waals surface area contributed by atoms with Gasteiger partial charge >= 0.3 is 0 Å². The number of H-pyrrole nitrogens is 1. The highest BCUT2D eigenvalue weighted by atomic mass is 35.5. The average molecular weight is 458 g/mol. The Kier molecular flexibility index (Phi) is 6.87. The van der Waals surface area contributed by atoms with Crippen molar-refractivity contribution in [2.75, 3.05) is 19.1 Å². The molecule has 3 aromatic rings. The van der Waals surface area contributed by atoms with Crippen LogP contribution in [-0.2, 0) is 5.72 Å². The number of ketones is 1. The van der Waals surface area contributed by atoms with E-state index >= 15 is 0 Å². The molecule has 10 heteroatoms. The zero-order valence-corrected chi connectivity index (χ0v) is 18.2. The maximum absolute atomic E-state index is 13.2. The summed E-state index contributed by atoms with van der Waals surface area (Å²) in [4.78, 5) is 13.2. The Balaban J connectivity index is 1.45. The number of carbonyl (C=O) groups is 1. The van der Waals surface area contributed by atoms with Crippen molar-refractivity contribution in [2.24, 2.45) is 5.73 Å². The van der Waals surface area contributed by atoms with Gasteiger partial charge in [-0.1, -0.05) is 18.9 Å². The zero-order chi connectivity index (χ0) is 22.4. The predicted molar refractivity (Wildman–Crippen MR) is 117 cm³/mol. The summed E-state index contributed by atoms with van der Waals surface area (Å²) in [6.07, 6.45) is 4.17. The van der Waals surface area contributed by atoms with Gasteiger partial charge in [-0.2, -0.15) is 0 Å². The van der Waals surface area contributed by atoms with Gasteiger partial charge in [0.2, 0.25) is 5.82 Å². The Labute approximate surface area is 190 Å². The van der Waals surface area contributed by atoms with E-state index in [0.717, 1.165) is 25.7 Å². The van der Waals surface area contributed by atoms with E-state index in [9.17, 15) is 4.79 Å². The minimum absolute atomic E-state index is 0.00751. The van der Waals surface area contributed by atoms with Crippen LogP contribution >= 0.6 is 11.6 Å². The Morgan fingerprint density at radius 1 is 1.16 bits per heavy atom. The fourth-order valence-corrected chi connectivity index (χ4v) is 3.55. The van der Waals surface area contributed by atoms with Crippen LogP contribution in [0.5, 0.6) is 17.2 Å². The van der Waals surface area contributed by atoms with Crippen LogP contribution in [-0.4, -0.2) is 45.5 Å². The summed E-state index contributed by atoms with van der Waals surface area (Å²) in [5.41, 5.74) is 5.68. The first-order chi connectivity index (χ1) is 15.6. The molecule has 1 aliphatic heterocycles. The van der Waals surface area contributed by atoms with Crippen molar-refractivity contribution in [3.8, 4) is 17.2 Å². The van der Waals surface area contributed by atoms with E-state index in [4.69, 9.17) is 31.5 Å². The van der Waals surface area contributed by atoms with Crippen LogP contribution in [0.15, 0.2) is 42.5 Å². The molecule has 0 fully saturated rings. The molecule has 0 saturated heterocycles. The van der Waals surface area contributed by atoms with Crippen LogP contribution in [0.2, 0.25) is 0 Å². The summed E-state index contributed by atoms with van der Waals surface area (Å²) in [6, 6.07) is 12.1. The molecular formula is C22H24ClN5O4. The molecule has 168 valence electrons. The van der Waals surface area contributed by atoms with Crippen LogP contribution in [0.3, 0.4) is 0 Å². The number of tetrazole rings is 1. The number of para-hydroxylation sites is 1. The molecule has 1 unspecified atom stereocenters. The number of carbonyl (C=O) groups excluding carboxylic acids is 1. The minimum Gasteiger partial charge on any atom is -0.494 e. The van der Waals surface area contributed by atoms with Crippen LogP contribution in [0, 0.1) is 0 Å². The molecule has 2 aromatic carbocycles. The van der Waals surface area contributed by atoms with E-state index < -0.39 is 5.72 Å². The molecule has 3 N–H and O–H groups in total.